The minimum atomic E-state index is -0.0229. The molecule has 106 valence electrons. The van der Waals surface area contributed by atoms with Gasteiger partial charge in [-0.25, -0.2) is 0 Å². The molecule has 1 saturated heterocycles. The third kappa shape index (κ3) is 3.18. The molecule has 1 aliphatic heterocycles. The molecule has 0 aliphatic carbocycles. The van der Waals surface area contributed by atoms with Crippen LogP contribution in [0, 0.1) is 6.92 Å². The van der Waals surface area contributed by atoms with Crippen LogP contribution in [-0.4, -0.2) is 36.5 Å². The van der Waals surface area contributed by atoms with Gasteiger partial charge in [0.1, 0.15) is 11.5 Å². The Balaban J connectivity index is 1.92. The van der Waals surface area contributed by atoms with Crippen molar-refractivity contribution in [3.8, 4) is 0 Å². The first-order valence-corrected chi connectivity index (χ1v) is 7.05. The quantitative estimate of drug-likeness (QED) is 0.886. The van der Waals surface area contributed by atoms with Crippen molar-refractivity contribution in [3.05, 3.63) is 23.7 Å². The predicted molar refractivity (Wildman–Crippen MR) is 75.0 cm³/mol. The molecule has 1 aromatic heterocycles. The summed E-state index contributed by atoms with van der Waals surface area (Å²) in [6.45, 7) is 5.84. The van der Waals surface area contributed by atoms with Gasteiger partial charge in [0, 0.05) is 25.9 Å². The normalized spacial score (nSPS) is 23.0. The van der Waals surface area contributed by atoms with Gasteiger partial charge in [-0.15, -0.1) is 0 Å². The van der Waals surface area contributed by atoms with E-state index in [9.17, 15) is 4.79 Å². The Morgan fingerprint density at radius 2 is 2.32 bits per heavy atom. The molecule has 1 atom stereocenters. The van der Waals surface area contributed by atoms with E-state index in [2.05, 4.69) is 12.2 Å². The summed E-state index contributed by atoms with van der Waals surface area (Å²) >= 11 is 0. The van der Waals surface area contributed by atoms with E-state index in [1.54, 1.807) is 0 Å². The lowest BCUT2D eigenvalue weighted by molar-refractivity contribution is -0.134. The Bertz CT molecular complexity index is 441. The van der Waals surface area contributed by atoms with Crippen molar-refractivity contribution in [3.63, 3.8) is 0 Å². The molecule has 1 aliphatic rings. The zero-order chi connectivity index (χ0) is 13.9. The van der Waals surface area contributed by atoms with Gasteiger partial charge in [-0.1, -0.05) is 0 Å². The summed E-state index contributed by atoms with van der Waals surface area (Å²) < 4.78 is 5.51. The highest BCUT2D eigenvalue weighted by molar-refractivity contribution is 5.77. The number of rotatable bonds is 5. The Morgan fingerprint density at radius 3 is 2.95 bits per heavy atom. The minimum absolute atomic E-state index is 0.0229. The Kier molecular flexibility index (Phi) is 4.30. The molecule has 0 saturated carbocycles. The highest BCUT2D eigenvalue weighted by atomic mass is 16.3. The van der Waals surface area contributed by atoms with Gasteiger partial charge < -0.3 is 14.6 Å². The van der Waals surface area contributed by atoms with Crippen LogP contribution in [0.5, 0.6) is 0 Å². The van der Waals surface area contributed by atoms with E-state index >= 15 is 0 Å². The van der Waals surface area contributed by atoms with Crippen LogP contribution in [0.4, 0.5) is 0 Å². The summed E-state index contributed by atoms with van der Waals surface area (Å²) in [6, 6.07) is 3.90. The van der Waals surface area contributed by atoms with Gasteiger partial charge in [-0.2, -0.15) is 0 Å². The van der Waals surface area contributed by atoms with Gasteiger partial charge in [0.05, 0.1) is 5.54 Å². The van der Waals surface area contributed by atoms with E-state index in [-0.39, 0.29) is 11.4 Å². The summed E-state index contributed by atoms with van der Waals surface area (Å²) in [4.78, 5) is 14.4. The number of nitrogens with one attached hydrogen (secondary N) is 1. The van der Waals surface area contributed by atoms with Crippen LogP contribution in [0.1, 0.15) is 37.7 Å². The number of likely N-dealkylation sites (N-methyl/N-ethyl adjacent to an activating group) is 1. The summed E-state index contributed by atoms with van der Waals surface area (Å²) in [7, 11) is 1.94. The average Bonchev–Trinajstić information content (AvgIpc) is 2.93. The lowest BCUT2D eigenvalue weighted by Crippen LogP contribution is -2.50. The van der Waals surface area contributed by atoms with Crippen LogP contribution in [0.15, 0.2) is 16.5 Å². The third-order valence-electron chi connectivity index (χ3n) is 3.99. The Morgan fingerprint density at radius 1 is 1.53 bits per heavy atom. The fourth-order valence-electron chi connectivity index (χ4n) is 3.00. The molecule has 2 heterocycles. The molecule has 2 rings (SSSR count). The zero-order valence-electron chi connectivity index (χ0n) is 12.2. The molecule has 1 N–H and O–H groups in total. The molecule has 1 amide bonds. The molecule has 4 heteroatoms. The van der Waals surface area contributed by atoms with Crippen LogP contribution in [0.2, 0.25) is 0 Å². The van der Waals surface area contributed by atoms with E-state index < -0.39 is 0 Å². The van der Waals surface area contributed by atoms with Crippen molar-refractivity contribution in [1.29, 1.82) is 0 Å². The number of amides is 1. The van der Waals surface area contributed by atoms with E-state index in [0.29, 0.717) is 12.8 Å². The molecule has 1 aromatic rings. The minimum Gasteiger partial charge on any atom is -0.466 e. The summed E-state index contributed by atoms with van der Waals surface area (Å²) in [5.74, 6) is 2.05. The number of furan rings is 1. The van der Waals surface area contributed by atoms with Crippen molar-refractivity contribution in [2.75, 3.05) is 20.1 Å². The van der Waals surface area contributed by atoms with Gasteiger partial charge in [0.25, 0.3) is 0 Å². The maximum Gasteiger partial charge on any atom is 0.223 e. The van der Waals surface area contributed by atoms with E-state index in [4.69, 9.17) is 4.42 Å². The number of nitrogens with zero attached hydrogens (tertiary/aromatic N) is 1. The summed E-state index contributed by atoms with van der Waals surface area (Å²) in [5, 5.41) is 3.20. The molecule has 0 aromatic carbocycles. The highest BCUT2D eigenvalue weighted by Crippen LogP contribution is 2.29. The van der Waals surface area contributed by atoms with Crippen molar-refractivity contribution >= 4 is 5.91 Å². The van der Waals surface area contributed by atoms with Crippen molar-refractivity contribution < 1.29 is 9.21 Å². The molecule has 0 bridgehead atoms. The van der Waals surface area contributed by atoms with E-state index in [1.807, 2.05) is 31.0 Å². The molecule has 19 heavy (non-hydrogen) atoms. The van der Waals surface area contributed by atoms with E-state index in [0.717, 1.165) is 37.5 Å². The lowest BCUT2D eigenvalue weighted by Gasteiger charge is -2.35. The lowest BCUT2D eigenvalue weighted by atomic mass is 9.98. The molecule has 4 nitrogen and oxygen atoms in total. The second-order valence-electron chi connectivity index (χ2n) is 5.69. The largest absolute Gasteiger partial charge is 0.466 e. The Labute approximate surface area is 115 Å². The molecular weight excluding hydrogens is 240 g/mol. The maximum atomic E-state index is 12.4. The van der Waals surface area contributed by atoms with Crippen LogP contribution >= 0.6 is 0 Å². The number of hydrogen-bond acceptors (Lipinski definition) is 3. The van der Waals surface area contributed by atoms with Gasteiger partial charge in [0.15, 0.2) is 0 Å². The number of hydrogen-bond donors (Lipinski definition) is 1. The second-order valence-corrected chi connectivity index (χ2v) is 5.69. The second kappa shape index (κ2) is 5.78. The first kappa shape index (κ1) is 14.1. The molecular formula is C15H24N2O2. The van der Waals surface area contributed by atoms with Gasteiger partial charge >= 0.3 is 0 Å². The fraction of sp³-hybridized carbons (Fsp3) is 0.667. The smallest absolute Gasteiger partial charge is 0.223 e. The summed E-state index contributed by atoms with van der Waals surface area (Å²) in [5.41, 5.74) is -0.0229. The van der Waals surface area contributed by atoms with Gasteiger partial charge in [-0.05, 0) is 45.9 Å². The number of likely N-dealkylation sites (tertiary alicyclic amines) is 1. The standard InChI is InChI=1S/C15H24N2O2/c1-12-5-6-13(19-12)7-8-14(18)17-10-4-9-15(17,2)11-16-3/h5-6,16H,4,7-11H2,1-3H3. The van der Waals surface area contributed by atoms with Crippen molar-refractivity contribution in [2.24, 2.45) is 0 Å². The number of aryl methyl sites for hydroxylation is 2. The maximum absolute atomic E-state index is 12.4. The predicted octanol–water partition coefficient (Wildman–Crippen LogP) is 2.12. The van der Waals surface area contributed by atoms with Crippen LogP contribution < -0.4 is 5.32 Å². The molecule has 0 spiro atoms. The first-order valence-electron chi connectivity index (χ1n) is 7.05. The number of carbonyl (C=O) groups is 1. The molecule has 1 unspecified atom stereocenters. The monoisotopic (exact) mass is 264 g/mol. The SMILES string of the molecule is CNCC1(C)CCCN1C(=O)CCc1ccc(C)o1. The van der Waals surface area contributed by atoms with Crippen molar-refractivity contribution in [2.45, 2.75) is 45.1 Å². The van der Waals surface area contributed by atoms with Crippen molar-refractivity contribution in [1.82, 2.24) is 10.2 Å². The van der Waals surface area contributed by atoms with Crippen LogP contribution in [0.25, 0.3) is 0 Å². The third-order valence-corrected chi connectivity index (χ3v) is 3.99. The topological polar surface area (TPSA) is 45.5 Å². The van der Waals surface area contributed by atoms with E-state index in [1.165, 1.54) is 0 Å². The zero-order valence-corrected chi connectivity index (χ0v) is 12.2. The fourth-order valence-corrected chi connectivity index (χ4v) is 3.00. The molecule has 0 radical (unpaired) electrons. The highest BCUT2D eigenvalue weighted by Gasteiger charge is 2.38. The van der Waals surface area contributed by atoms with Crippen LogP contribution in [-0.2, 0) is 11.2 Å². The summed E-state index contributed by atoms with van der Waals surface area (Å²) in [6.07, 6.45) is 3.41. The van der Waals surface area contributed by atoms with Gasteiger partial charge in [0.2, 0.25) is 5.91 Å². The number of carbonyl (C=O) groups excluding carboxylic acids is 1. The average molecular weight is 264 g/mol. The van der Waals surface area contributed by atoms with Gasteiger partial charge in [-0.3, -0.25) is 4.79 Å². The Hall–Kier alpha value is -1.29. The first-order chi connectivity index (χ1) is 9.05. The molecule has 1 fully saturated rings. The van der Waals surface area contributed by atoms with Crippen LogP contribution in [0.3, 0.4) is 0 Å².